The molecule has 0 heterocycles. The van der Waals surface area contributed by atoms with E-state index in [2.05, 4.69) is 5.32 Å². The second-order valence-electron chi connectivity index (χ2n) is 4.43. The van der Waals surface area contributed by atoms with Crippen LogP contribution < -0.4 is 15.8 Å². The lowest BCUT2D eigenvalue weighted by atomic mass is 9.77. The summed E-state index contributed by atoms with van der Waals surface area (Å²) in [6.07, 6.45) is 2.63. The van der Waals surface area contributed by atoms with Crippen molar-refractivity contribution in [2.45, 2.75) is 24.8 Å². The monoisotopic (exact) mass is 270 g/mol. The minimum Gasteiger partial charge on any atom is -0.492 e. The molecule has 18 heavy (non-hydrogen) atoms. The first kappa shape index (κ1) is 14.8. The second kappa shape index (κ2) is 6.61. The molecule has 3 N–H and O–H groups in total. The van der Waals surface area contributed by atoms with E-state index in [0.29, 0.717) is 13.2 Å². The zero-order valence-corrected chi connectivity index (χ0v) is 11.0. The summed E-state index contributed by atoms with van der Waals surface area (Å²) in [7, 11) is 0. The van der Waals surface area contributed by atoms with E-state index in [1.165, 1.54) is 0 Å². The number of halogens is 1. The van der Waals surface area contributed by atoms with Gasteiger partial charge in [-0.25, -0.2) is 0 Å². The minimum atomic E-state index is -0.618. The smallest absolute Gasteiger partial charge is 0.240 e. The van der Waals surface area contributed by atoms with Gasteiger partial charge in [0.1, 0.15) is 12.4 Å². The van der Waals surface area contributed by atoms with Crippen LogP contribution in [0.3, 0.4) is 0 Å². The normalized spacial score (nSPS) is 16.1. The van der Waals surface area contributed by atoms with Crippen molar-refractivity contribution >= 4 is 18.3 Å². The number of hydrogen-bond acceptors (Lipinski definition) is 3. The van der Waals surface area contributed by atoms with Crippen LogP contribution in [0.5, 0.6) is 5.75 Å². The van der Waals surface area contributed by atoms with E-state index < -0.39 is 5.54 Å². The number of carbonyl (C=O) groups excluding carboxylic acids is 1. The lowest BCUT2D eigenvalue weighted by Crippen LogP contribution is -2.58. The zero-order valence-electron chi connectivity index (χ0n) is 10.2. The molecule has 0 bridgehead atoms. The maximum Gasteiger partial charge on any atom is 0.240 e. The molecule has 0 aliphatic heterocycles. The van der Waals surface area contributed by atoms with Gasteiger partial charge in [0.25, 0.3) is 0 Å². The van der Waals surface area contributed by atoms with Gasteiger partial charge in [0.2, 0.25) is 5.91 Å². The molecule has 1 fully saturated rings. The Bertz CT molecular complexity index is 380. The fourth-order valence-electron chi connectivity index (χ4n) is 1.81. The number of para-hydroxylation sites is 1. The molecular weight excluding hydrogens is 252 g/mol. The molecule has 0 saturated heterocycles. The van der Waals surface area contributed by atoms with Crippen LogP contribution in [0.1, 0.15) is 19.3 Å². The van der Waals surface area contributed by atoms with Crippen molar-refractivity contribution in [2.75, 3.05) is 13.2 Å². The van der Waals surface area contributed by atoms with Crippen molar-refractivity contribution in [3.63, 3.8) is 0 Å². The number of nitrogens with two attached hydrogens (primary N) is 1. The topological polar surface area (TPSA) is 64.4 Å². The Morgan fingerprint density at radius 3 is 2.56 bits per heavy atom. The standard InChI is InChI=1S/C13H18N2O2.ClH/c14-13(7-4-8-13)12(16)15-9-10-17-11-5-2-1-3-6-11;/h1-3,5-6H,4,7-10,14H2,(H,15,16);1H. The highest BCUT2D eigenvalue weighted by Gasteiger charge is 2.39. The number of amides is 1. The number of carbonyl (C=O) groups is 1. The highest BCUT2D eigenvalue weighted by atomic mass is 35.5. The van der Waals surface area contributed by atoms with Gasteiger partial charge in [-0.1, -0.05) is 18.2 Å². The SMILES string of the molecule is Cl.NC1(C(=O)NCCOc2ccccc2)CCC1. The van der Waals surface area contributed by atoms with Gasteiger partial charge in [-0.3, -0.25) is 4.79 Å². The van der Waals surface area contributed by atoms with Gasteiger partial charge in [-0.05, 0) is 31.4 Å². The third-order valence-electron chi connectivity index (χ3n) is 3.10. The van der Waals surface area contributed by atoms with E-state index in [0.717, 1.165) is 25.0 Å². The van der Waals surface area contributed by atoms with Crippen LogP contribution >= 0.6 is 12.4 Å². The van der Waals surface area contributed by atoms with E-state index >= 15 is 0 Å². The van der Waals surface area contributed by atoms with Crippen LogP contribution in [0.25, 0.3) is 0 Å². The quantitative estimate of drug-likeness (QED) is 0.797. The Balaban J connectivity index is 0.00000162. The van der Waals surface area contributed by atoms with Gasteiger partial charge in [0, 0.05) is 0 Å². The van der Waals surface area contributed by atoms with E-state index in [1.54, 1.807) is 0 Å². The van der Waals surface area contributed by atoms with Crippen LogP contribution in [-0.2, 0) is 4.79 Å². The van der Waals surface area contributed by atoms with Gasteiger partial charge in [-0.2, -0.15) is 0 Å². The largest absolute Gasteiger partial charge is 0.492 e. The summed E-state index contributed by atoms with van der Waals surface area (Å²) in [5, 5.41) is 2.81. The first-order valence-electron chi connectivity index (χ1n) is 5.96. The molecule has 0 aromatic heterocycles. The fraction of sp³-hybridized carbons (Fsp3) is 0.462. The van der Waals surface area contributed by atoms with Crippen LogP contribution in [0.4, 0.5) is 0 Å². The molecule has 0 unspecified atom stereocenters. The Kier molecular flexibility index (Phi) is 5.44. The Hall–Kier alpha value is -1.26. The predicted molar refractivity (Wildman–Crippen MR) is 73.0 cm³/mol. The fourth-order valence-corrected chi connectivity index (χ4v) is 1.81. The van der Waals surface area contributed by atoms with Crippen molar-refractivity contribution in [1.82, 2.24) is 5.32 Å². The molecule has 1 aromatic rings. The van der Waals surface area contributed by atoms with Crippen LogP contribution in [-0.4, -0.2) is 24.6 Å². The van der Waals surface area contributed by atoms with E-state index in [4.69, 9.17) is 10.5 Å². The molecule has 100 valence electrons. The Morgan fingerprint density at radius 1 is 1.33 bits per heavy atom. The summed E-state index contributed by atoms with van der Waals surface area (Å²) in [6.45, 7) is 0.957. The second-order valence-corrected chi connectivity index (χ2v) is 4.43. The van der Waals surface area contributed by atoms with Crippen molar-refractivity contribution in [1.29, 1.82) is 0 Å². The van der Waals surface area contributed by atoms with Crippen molar-refractivity contribution < 1.29 is 9.53 Å². The predicted octanol–water partition coefficient (Wildman–Crippen LogP) is 1.48. The average molecular weight is 271 g/mol. The zero-order chi connectivity index (χ0) is 12.1. The number of ether oxygens (including phenoxy) is 1. The van der Waals surface area contributed by atoms with E-state index in [-0.39, 0.29) is 18.3 Å². The molecule has 1 aliphatic rings. The number of nitrogens with one attached hydrogen (secondary N) is 1. The summed E-state index contributed by atoms with van der Waals surface area (Å²) in [5.74, 6) is 0.758. The number of hydrogen-bond donors (Lipinski definition) is 2. The van der Waals surface area contributed by atoms with Gasteiger partial charge < -0.3 is 15.8 Å². The summed E-state index contributed by atoms with van der Waals surface area (Å²) in [4.78, 5) is 11.7. The lowest BCUT2D eigenvalue weighted by molar-refractivity contribution is -0.129. The Labute approximate surface area is 113 Å². The first-order valence-corrected chi connectivity index (χ1v) is 5.96. The molecule has 1 aromatic carbocycles. The van der Waals surface area contributed by atoms with Crippen LogP contribution in [0, 0.1) is 0 Å². The maximum atomic E-state index is 11.7. The molecule has 1 saturated carbocycles. The van der Waals surface area contributed by atoms with Crippen molar-refractivity contribution in [3.05, 3.63) is 30.3 Å². The molecule has 0 radical (unpaired) electrons. The molecule has 1 aliphatic carbocycles. The van der Waals surface area contributed by atoms with Crippen LogP contribution in [0.2, 0.25) is 0 Å². The van der Waals surface area contributed by atoms with E-state index in [9.17, 15) is 4.79 Å². The van der Waals surface area contributed by atoms with Gasteiger partial charge in [0.05, 0.1) is 12.1 Å². The maximum absolute atomic E-state index is 11.7. The average Bonchev–Trinajstić information content (AvgIpc) is 2.32. The summed E-state index contributed by atoms with van der Waals surface area (Å²) < 4.78 is 5.47. The molecular formula is C13H19ClN2O2. The van der Waals surface area contributed by atoms with E-state index in [1.807, 2.05) is 30.3 Å². The number of benzene rings is 1. The van der Waals surface area contributed by atoms with Gasteiger partial charge in [-0.15, -0.1) is 12.4 Å². The van der Waals surface area contributed by atoms with Gasteiger partial charge in [0.15, 0.2) is 0 Å². The number of rotatable bonds is 5. The Morgan fingerprint density at radius 2 is 2.00 bits per heavy atom. The lowest BCUT2D eigenvalue weighted by Gasteiger charge is -2.36. The third-order valence-corrected chi connectivity index (χ3v) is 3.10. The van der Waals surface area contributed by atoms with Crippen molar-refractivity contribution in [2.24, 2.45) is 5.73 Å². The summed E-state index contributed by atoms with van der Waals surface area (Å²) in [5.41, 5.74) is 5.27. The molecule has 1 amide bonds. The molecule has 0 atom stereocenters. The molecule has 2 rings (SSSR count). The van der Waals surface area contributed by atoms with Crippen LogP contribution in [0.15, 0.2) is 30.3 Å². The minimum absolute atomic E-state index is 0. The first-order chi connectivity index (χ1) is 8.21. The van der Waals surface area contributed by atoms with Gasteiger partial charge >= 0.3 is 0 Å². The molecule has 4 nitrogen and oxygen atoms in total. The summed E-state index contributed by atoms with van der Waals surface area (Å²) >= 11 is 0. The third kappa shape index (κ3) is 3.62. The van der Waals surface area contributed by atoms with Crippen molar-refractivity contribution in [3.8, 4) is 5.75 Å². The molecule has 5 heteroatoms. The highest BCUT2D eigenvalue weighted by molar-refractivity contribution is 5.87. The highest BCUT2D eigenvalue weighted by Crippen LogP contribution is 2.28. The molecule has 0 spiro atoms. The summed E-state index contributed by atoms with van der Waals surface area (Å²) in [6, 6.07) is 9.54.